The summed E-state index contributed by atoms with van der Waals surface area (Å²) in [5, 5.41) is 6.06. The van der Waals surface area contributed by atoms with Crippen molar-refractivity contribution in [3.05, 3.63) is 65.4 Å². The molecule has 8 nitrogen and oxygen atoms in total. The van der Waals surface area contributed by atoms with Gasteiger partial charge in [0.1, 0.15) is 0 Å². The molecule has 1 aliphatic rings. The highest BCUT2D eigenvalue weighted by molar-refractivity contribution is 6.00. The first-order chi connectivity index (χ1) is 20.7. The number of fused-ring (bicyclic) bond motifs is 1. The summed E-state index contributed by atoms with van der Waals surface area (Å²) >= 11 is 0. The third-order valence-corrected chi connectivity index (χ3v) is 7.83. The Hall–Kier alpha value is -4.28. The minimum atomic E-state index is -4.38. The van der Waals surface area contributed by atoms with E-state index in [4.69, 9.17) is 24.0 Å². The lowest BCUT2D eigenvalue weighted by Gasteiger charge is -2.38. The quantitative estimate of drug-likeness (QED) is 0.209. The summed E-state index contributed by atoms with van der Waals surface area (Å²) in [6, 6.07) is 13.3. The van der Waals surface area contributed by atoms with Crippen LogP contribution in [0.4, 0.5) is 24.5 Å². The molecular formula is C32H37F3N4O4. The summed E-state index contributed by atoms with van der Waals surface area (Å²) in [7, 11) is 6.46. The summed E-state index contributed by atoms with van der Waals surface area (Å²) in [5.41, 5.74) is 3.67. The Balaban J connectivity index is 1.54. The van der Waals surface area contributed by atoms with E-state index in [-0.39, 0.29) is 0 Å². The van der Waals surface area contributed by atoms with Crippen LogP contribution < -0.4 is 28.7 Å². The standard InChI is InChI=1S/C32H37F3N4O4/c1-6-8-24-29-25(39(36-24)20-21-11-12-26(40-2)27(17-21)41-3)19-28(42-4)31(43-5)30(29)38-15-13-37(14-16-38)23-10-7-9-22(18-23)32(33,34)35/h7,9-12,17-19H,6,8,13-16,20H2,1-5H3. The Kier molecular flexibility index (Phi) is 8.79. The van der Waals surface area contributed by atoms with Crippen molar-refractivity contribution in [2.75, 3.05) is 64.4 Å². The second kappa shape index (κ2) is 12.5. The maximum Gasteiger partial charge on any atom is 0.416 e. The van der Waals surface area contributed by atoms with Crippen LogP contribution in [0.1, 0.15) is 30.2 Å². The second-order valence-electron chi connectivity index (χ2n) is 10.4. The molecule has 11 heteroatoms. The number of halogens is 3. The van der Waals surface area contributed by atoms with Crippen LogP contribution in [0, 0.1) is 0 Å². The zero-order chi connectivity index (χ0) is 30.7. The summed E-state index contributed by atoms with van der Waals surface area (Å²) in [4.78, 5) is 4.22. The molecule has 0 unspecified atom stereocenters. The second-order valence-corrected chi connectivity index (χ2v) is 10.4. The summed E-state index contributed by atoms with van der Waals surface area (Å²) < 4.78 is 64.7. The zero-order valence-corrected chi connectivity index (χ0v) is 25.1. The van der Waals surface area contributed by atoms with Gasteiger partial charge in [0, 0.05) is 37.9 Å². The number of methoxy groups -OCH3 is 4. The molecule has 1 fully saturated rings. The Labute approximate surface area is 249 Å². The number of benzene rings is 3. The van der Waals surface area contributed by atoms with Gasteiger partial charge >= 0.3 is 6.18 Å². The minimum absolute atomic E-state index is 0.499. The number of anilines is 2. The number of nitrogens with zero attached hydrogens (tertiary/aromatic N) is 4. The average molecular weight is 599 g/mol. The van der Waals surface area contributed by atoms with E-state index in [9.17, 15) is 13.2 Å². The van der Waals surface area contributed by atoms with Crippen LogP contribution in [0.15, 0.2) is 48.5 Å². The smallest absolute Gasteiger partial charge is 0.416 e. The SMILES string of the molecule is CCCc1nn(Cc2ccc(OC)c(OC)c2)c2cc(OC)c(OC)c(N3CCN(c4cccc(C(F)(F)F)c4)CC3)c12. The van der Waals surface area contributed by atoms with Crippen LogP contribution in [0.5, 0.6) is 23.0 Å². The number of hydrogen-bond donors (Lipinski definition) is 0. The van der Waals surface area contributed by atoms with Crippen LogP contribution in [-0.2, 0) is 19.1 Å². The molecule has 0 bridgehead atoms. The third kappa shape index (κ3) is 5.98. The molecule has 3 aromatic carbocycles. The molecule has 0 radical (unpaired) electrons. The lowest BCUT2D eigenvalue weighted by molar-refractivity contribution is -0.137. The van der Waals surface area contributed by atoms with Gasteiger partial charge in [-0.25, -0.2) is 0 Å². The van der Waals surface area contributed by atoms with E-state index in [1.54, 1.807) is 34.5 Å². The van der Waals surface area contributed by atoms with Crippen molar-refractivity contribution in [1.82, 2.24) is 9.78 Å². The number of rotatable bonds is 10. The first-order valence-corrected chi connectivity index (χ1v) is 14.2. The van der Waals surface area contributed by atoms with Crippen molar-refractivity contribution in [2.45, 2.75) is 32.5 Å². The number of piperazine rings is 1. The van der Waals surface area contributed by atoms with Crippen molar-refractivity contribution in [3.63, 3.8) is 0 Å². The van der Waals surface area contributed by atoms with Gasteiger partial charge in [-0.1, -0.05) is 25.5 Å². The summed E-state index contributed by atoms with van der Waals surface area (Å²) in [6.07, 6.45) is -2.72. The molecule has 0 amide bonds. The van der Waals surface area contributed by atoms with E-state index in [1.807, 2.05) is 33.8 Å². The normalized spacial score (nSPS) is 13.9. The van der Waals surface area contributed by atoms with Crippen LogP contribution in [0.2, 0.25) is 0 Å². The number of aromatic nitrogens is 2. The van der Waals surface area contributed by atoms with Crippen LogP contribution >= 0.6 is 0 Å². The average Bonchev–Trinajstić information content (AvgIpc) is 3.35. The molecule has 0 atom stereocenters. The van der Waals surface area contributed by atoms with E-state index in [1.165, 1.54) is 12.1 Å². The maximum absolute atomic E-state index is 13.4. The van der Waals surface area contributed by atoms with E-state index < -0.39 is 11.7 Å². The Bertz CT molecular complexity index is 1580. The number of alkyl halides is 3. The van der Waals surface area contributed by atoms with Gasteiger partial charge in [-0.05, 0) is 42.3 Å². The summed E-state index contributed by atoms with van der Waals surface area (Å²) in [6.45, 7) is 4.88. The monoisotopic (exact) mass is 598 g/mol. The van der Waals surface area contributed by atoms with Crippen molar-refractivity contribution < 1.29 is 32.1 Å². The van der Waals surface area contributed by atoms with E-state index >= 15 is 0 Å². The molecule has 4 aromatic rings. The fourth-order valence-electron chi connectivity index (χ4n) is 5.75. The first kappa shape index (κ1) is 30.2. The fourth-order valence-corrected chi connectivity index (χ4v) is 5.75. The lowest BCUT2D eigenvalue weighted by Crippen LogP contribution is -2.46. The molecular weight excluding hydrogens is 561 g/mol. The predicted octanol–water partition coefficient (Wildman–Crippen LogP) is 6.42. The van der Waals surface area contributed by atoms with Crippen molar-refractivity contribution >= 4 is 22.3 Å². The van der Waals surface area contributed by atoms with Crippen LogP contribution in [0.25, 0.3) is 10.9 Å². The maximum atomic E-state index is 13.4. The predicted molar refractivity (Wildman–Crippen MR) is 161 cm³/mol. The molecule has 5 rings (SSSR count). The molecule has 1 aliphatic heterocycles. The Morgan fingerprint density at radius 1 is 0.791 bits per heavy atom. The van der Waals surface area contributed by atoms with Gasteiger partial charge in [-0.15, -0.1) is 0 Å². The zero-order valence-electron chi connectivity index (χ0n) is 25.1. The van der Waals surface area contributed by atoms with Gasteiger partial charge in [-0.2, -0.15) is 18.3 Å². The molecule has 0 N–H and O–H groups in total. The van der Waals surface area contributed by atoms with Crippen LogP contribution in [0.3, 0.4) is 0 Å². The largest absolute Gasteiger partial charge is 0.493 e. The van der Waals surface area contributed by atoms with Gasteiger partial charge in [0.15, 0.2) is 23.0 Å². The molecule has 230 valence electrons. The highest BCUT2D eigenvalue weighted by Gasteiger charge is 2.32. The molecule has 0 aliphatic carbocycles. The van der Waals surface area contributed by atoms with Gasteiger partial charge in [0.05, 0.1) is 62.8 Å². The minimum Gasteiger partial charge on any atom is -0.493 e. The lowest BCUT2D eigenvalue weighted by atomic mass is 10.1. The van der Waals surface area contributed by atoms with Gasteiger partial charge in [0.25, 0.3) is 0 Å². The topological polar surface area (TPSA) is 61.2 Å². The van der Waals surface area contributed by atoms with Gasteiger partial charge in [-0.3, -0.25) is 4.68 Å². The van der Waals surface area contributed by atoms with Crippen molar-refractivity contribution in [3.8, 4) is 23.0 Å². The number of ether oxygens (including phenoxy) is 4. The summed E-state index contributed by atoms with van der Waals surface area (Å²) in [5.74, 6) is 2.50. The van der Waals surface area contributed by atoms with Crippen LogP contribution in [-0.4, -0.2) is 64.4 Å². The molecule has 0 spiro atoms. The van der Waals surface area contributed by atoms with Gasteiger partial charge in [0.2, 0.25) is 0 Å². The van der Waals surface area contributed by atoms with E-state index in [0.717, 1.165) is 46.8 Å². The molecule has 2 heterocycles. The highest BCUT2D eigenvalue weighted by Crippen LogP contribution is 2.46. The first-order valence-electron chi connectivity index (χ1n) is 14.2. The highest BCUT2D eigenvalue weighted by atomic mass is 19.4. The molecule has 43 heavy (non-hydrogen) atoms. The van der Waals surface area contributed by atoms with E-state index in [2.05, 4.69) is 11.8 Å². The van der Waals surface area contributed by atoms with E-state index in [0.29, 0.717) is 61.4 Å². The molecule has 0 saturated carbocycles. The number of aryl methyl sites for hydroxylation is 1. The van der Waals surface area contributed by atoms with Crippen molar-refractivity contribution in [1.29, 1.82) is 0 Å². The molecule has 1 saturated heterocycles. The Morgan fingerprint density at radius 3 is 2.12 bits per heavy atom. The van der Waals surface area contributed by atoms with Gasteiger partial charge < -0.3 is 28.7 Å². The Morgan fingerprint density at radius 2 is 1.49 bits per heavy atom. The van der Waals surface area contributed by atoms with Crippen molar-refractivity contribution in [2.24, 2.45) is 0 Å². The third-order valence-electron chi connectivity index (χ3n) is 7.83. The molecule has 1 aromatic heterocycles. The fraction of sp³-hybridized carbons (Fsp3) is 0.406. The number of hydrogen-bond acceptors (Lipinski definition) is 7.